The molecule has 0 aliphatic carbocycles. The number of likely N-dealkylation sites (tertiary alicyclic amines) is 2. The minimum atomic E-state index is -0.562. The van der Waals surface area contributed by atoms with Crippen molar-refractivity contribution in [2.24, 2.45) is 5.92 Å². The summed E-state index contributed by atoms with van der Waals surface area (Å²) in [5.41, 5.74) is 3.46. The maximum atomic E-state index is 13.4. The van der Waals surface area contributed by atoms with Crippen molar-refractivity contribution >= 4 is 17.7 Å². The Morgan fingerprint density at radius 1 is 0.758 bits per heavy atom. The molecular weight excluding hydrogens is 414 g/mol. The van der Waals surface area contributed by atoms with Gasteiger partial charge in [-0.3, -0.25) is 14.4 Å². The molecule has 1 N–H and O–H groups in total. The molecule has 6 nitrogen and oxygen atoms in total. The van der Waals surface area contributed by atoms with Crippen LogP contribution >= 0.6 is 0 Å². The largest absolute Gasteiger partial charge is 0.341 e. The summed E-state index contributed by atoms with van der Waals surface area (Å²) in [5.74, 6) is -0.170. The highest BCUT2D eigenvalue weighted by molar-refractivity contribution is 5.98. The van der Waals surface area contributed by atoms with Gasteiger partial charge in [0.2, 0.25) is 5.91 Å². The Bertz CT molecular complexity index is 986. The Morgan fingerprint density at radius 2 is 1.27 bits per heavy atom. The fraction of sp³-hybridized carbons (Fsp3) is 0.444. The molecule has 2 aliphatic heterocycles. The van der Waals surface area contributed by atoms with E-state index in [1.54, 1.807) is 12.1 Å². The first-order chi connectivity index (χ1) is 15.9. The number of piperidine rings is 1. The molecule has 2 aliphatic rings. The van der Waals surface area contributed by atoms with Gasteiger partial charge in [0.25, 0.3) is 11.8 Å². The second-order valence-corrected chi connectivity index (χ2v) is 9.35. The lowest BCUT2D eigenvalue weighted by atomic mass is 9.88. The number of hydrogen-bond acceptors (Lipinski definition) is 3. The first-order valence-corrected chi connectivity index (χ1v) is 11.9. The molecule has 6 heteroatoms. The van der Waals surface area contributed by atoms with Gasteiger partial charge < -0.3 is 15.1 Å². The van der Waals surface area contributed by atoms with Gasteiger partial charge >= 0.3 is 0 Å². The number of aryl methyl sites for hydroxylation is 2. The molecule has 4 rings (SSSR count). The van der Waals surface area contributed by atoms with Crippen molar-refractivity contribution in [1.82, 2.24) is 15.1 Å². The van der Waals surface area contributed by atoms with Crippen LogP contribution in [0.4, 0.5) is 0 Å². The quantitative estimate of drug-likeness (QED) is 0.762. The minimum Gasteiger partial charge on any atom is -0.341 e. The number of hydrogen-bond donors (Lipinski definition) is 1. The van der Waals surface area contributed by atoms with Crippen LogP contribution in [0.1, 0.15) is 57.5 Å². The molecule has 174 valence electrons. The van der Waals surface area contributed by atoms with Crippen LogP contribution in [0.15, 0.2) is 48.5 Å². The molecule has 0 aromatic heterocycles. The lowest BCUT2D eigenvalue weighted by Crippen LogP contribution is -2.54. The highest BCUT2D eigenvalue weighted by atomic mass is 16.2. The number of amides is 3. The summed E-state index contributed by atoms with van der Waals surface area (Å²) in [7, 11) is 0. The third-order valence-electron chi connectivity index (χ3n) is 6.88. The highest BCUT2D eigenvalue weighted by Crippen LogP contribution is 2.25. The maximum Gasteiger partial charge on any atom is 0.253 e. The number of benzene rings is 2. The third kappa shape index (κ3) is 5.44. The van der Waals surface area contributed by atoms with Crippen molar-refractivity contribution in [3.63, 3.8) is 0 Å². The second kappa shape index (κ2) is 10.2. The summed E-state index contributed by atoms with van der Waals surface area (Å²) in [6.07, 6.45) is 3.40. The standard InChI is InChI=1S/C27H33N3O3/c1-19-5-9-22(10-6-19)25(31)28-24(27(33)29-15-3-4-16-29)21-13-17-30(18-14-21)26(32)23-11-7-20(2)8-12-23/h5-12,21,24H,3-4,13-18H2,1-2H3,(H,28,31)/t24-/m0/s1. The van der Waals surface area contributed by atoms with Crippen molar-refractivity contribution in [2.75, 3.05) is 26.2 Å². The van der Waals surface area contributed by atoms with Gasteiger partial charge in [0, 0.05) is 37.3 Å². The summed E-state index contributed by atoms with van der Waals surface area (Å²) in [6.45, 7) is 6.65. The van der Waals surface area contributed by atoms with Gasteiger partial charge in [-0.2, -0.15) is 0 Å². The van der Waals surface area contributed by atoms with E-state index < -0.39 is 6.04 Å². The lowest BCUT2D eigenvalue weighted by Gasteiger charge is -2.37. The van der Waals surface area contributed by atoms with E-state index in [1.165, 1.54) is 0 Å². The first-order valence-electron chi connectivity index (χ1n) is 11.9. The van der Waals surface area contributed by atoms with Gasteiger partial charge in [-0.15, -0.1) is 0 Å². The van der Waals surface area contributed by atoms with Crippen LogP contribution in [0.5, 0.6) is 0 Å². The van der Waals surface area contributed by atoms with Crippen LogP contribution < -0.4 is 5.32 Å². The number of rotatable bonds is 5. The van der Waals surface area contributed by atoms with Crippen molar-refractivity contribution < 1.29 is 14.4 Å². The molecule has 2 heterocycles. The number of nitrogens with one attached hydrogen (secondary N) is 1. The van der Waals surface area contributed by atoms with Gasteiger partial charge in [-0.25, -0.2) is 0 Å². The number of nitrogens with zero attached hydrogens (tertiary/aromatic N) is 2. The van der Waals surface area contributed by atoms with Crippen molar-refractivity contribution in [1.29, 1.82) is 0 Å². The summed E-state index contributed by atoms with van der Waals surface area (Å²) in [6, 6.07) is 14.5. The van der Waals surface area contributed by atoms with Crippen molar-refractivity contribution in [3.8, 4) is 0 Å². The molecule has 0 radical (unpaired) electrons. The summed E-state index contributed by atoms with van der Waals surface area (Å²) in [5, 5.41) is 3.05. The smallest absolute Gasteiger partial charge is 0.253 e. The Morgan fingerprint density at radius 3 is 1.82 bits per heavy atom. The van der Waals surface area contributed by atoms with E-state index in [0.29, 0.717) is 37.1 Å². The SMILES string of the molecule is Cc1ccc(C(=O)N[C@H](C(=O)N2CCCC2)C2CCN(C(=O)c3ccc(C)cc3)CC2)cc1. The molecule has 0 unspecified atom stereocenters. The molecule has 3 amide bonds. The summed E-state index contributed by atoms with van der Waals surface area (Å²) >= 11 is 0. The van der Waals surface area contributed by atoms with E-state index in [0.717, 1.165) is 37.1 Å². The average molecular weight is 448 g/mol. The van der Waals surface area contributed by atoms with Crippen LogP contribution in [0.3, 0.4) is 0 Å². The molecule has 0 spiro atoms. The van der Waals surface area contributed by atoms with Crippen LogP contribution in [-0.2, 0) is 4.79 Å². The van der Waals surface area contributed by atoms with E-state index in [9.17, 15) is 14.4 Å². The van der Waals surface area contributed by atoms with E-state index in [1.807, 2.05) is 60.0 Å². The molecule has 33 heavy (non-hydrogen) atoms. The Balaban J connectivity index is 1.45. The summed E-state index contributed by atoms with van der Waals surface area (Å²) in [4.78, 5) is 43.0. The molecule has 0 bridgehead atoms. The molecule has 2 saturated heterocycles. The number of carbonyl (C=O) groups is 3. The zero-order chi connectivity index (χ0) is 23.4. The Hall–Kier alpha value is -3.15. The minimum absolute atomic E-state index is 0.00886. The molecule has 2 fully saturated rings. The molecule has 0 saturated carbocycles. The normalized spacial score (nSPS) is 17.6. The molecular formula is C27H33N3O3. The summed E-state index contributed by atoms with van der Waals surface area (Å²) < 4.78 is 0. The van der Waals surface area contributed by atoms with E-state index in [-0.39, 0.29) is 23.6 Å². The van der Waals surface area contributed by atoms with Gasteiger partial charge in [0.1, 0.15) is 6.04 Å². The predicted molar refractivity (Wildman–Crippen MR) is 128 cm³/mol. The maximum absolute atomic E-state index is 13.4. The fourth-order valence-corrected chi connectivity index (χ4v) is 4.76. The molecule has 1 atom stereocenters. The third-order valence-corrected chi connectivity index (χ3v) is 6.88. The second-order valence-electron chi connectivity index (χ2n) is 9.35. The number of carbonyl (C=O) groups excluding carboxylic acids is 3. The van der Waals surface area contributed by atoms with E-state index in [2.05, 4.69) is 5.32 Å². The topological polar surface area (TPSA) is 69.7 Å². The molecule has 2 aromatic carbocycles. The van der Waals surface area contributed by atoms with Crippen molar-refractivity contribution in [3.05, 3.63) is 70.8 Å². The zero-order valence-electron chi connectivity index (χ0n) is 19.5. The van der Waals surface area contributed by atoms with Crippen LogP contribution in [0.2, 0.25) is 0 Å². The predicted octanol–water partition coefficient (Wildman–Crippen LogP) is 3.58. The fourth-order valence-electron chi connectivity index (χ4n) is 4.76. The van der Waals surface area contributed by atoms with Crippen LogP contribution in [-0.4, -0.2) is 59.7 Å². The van der Waals surface area contributed by atoms with E-state index >= 15 is 0 Å². The zero-order valence-corrected chi connectivity index (χ0v) is 19.5. The van der Waals surface area contributed by atoms with Crippen LogP contribution in [0, 0.1) is 19.8 Å². The highest BCUT2D eigenvalue weighted by Gasteiger charge is 2.37. The monoisotopic (exact) mass is 447 g/mol. The van der Waals surface area contributed by atoms with Gasteiger partial charge in [0.05, 0.1) is 0 Å². The van der Waals surface area contributed by atoms with E-state index in [4.69, 9.17) is 0 Å². The first kappa shape index (κ1) is 23.0. The van der Waals surface area contributed by atoms with Gasteiger partial charge in [-0.1, -0.05) is 35.4 Å². The average Bonchev–Trinajstić information content (AvgIpc) is 3.38. The lowest BCUT2D eigenvalue weighted by molar-refractivity contribution is -0.134. The Labute approximate surface area is 196 Å². The Kier molecular flexibility index (Phi) is 7.11. The van der Waals surface area contributed by atoms with Crippen LogP contribution in [0.25, 0.3) is 0 Å². The van der Waals surface area contributed by atoms with Crippen molar-refractivity contribution in [2.45, 2.75) is 45.6 Å². The van der Waals surface area contributed by atoms with Gasteiger partial charge in [-0.05, 0) is 69.7 Å². The molecule has 2 aromatic rings. The van der Waals surface area contributed by atoms with Gasteiger partial charge in [0.15, 0.2) is 0 Å².